The maximum absolute atomic E-state index is 12.6. The smallest absolute Gasteiger partial charge is 0.251 e. The molecule has 3 fully saturated rings. The molecule has 0 bridgehead atoms. The van der Waals surface area contributed by atoms with E-state index in [1.807, 2.05) is 6.92 Å². The topological polar surface area (TPSA) is 101 Å². The molecular formula is C24H32N4O4. The number of fused-ring (bicyclic) bond motifs is 1. The van der Waals surface area contributed by atoms with Crippen molar-refractivity contribution in [1.82, 2.24) is 10.7 Å². The van der Waals surface area contributed by atoms with Gasteiger partial charge in [0.25, 0.3) is 5.91 Å². The Bertz CT molecular complexity index is 865. The number of carbonyl (C=O) groups is 2. The molecule has 172 valence electrons. The van der Waals surface area contributed by atoms with Gasteiger partial charge in [0.05, 0.1) is 19.3 Å². The minimum atomic E-state index is -0.266. The van der Waals surface area contributed by atoms with E-state index in [1.54, 1.807) is 24.3 Å². The van der Waals surface area contributed by atoms with Crippen LogP contribution in [0.25, 0.3) is 0 Å². The summed E-state index contributed by atoms with van der Waals surface area (Å²) in [5.41, 5.74) is 5.12. The fraction of sp³-hybridized carbons (Fsp3) is 0.583. The lowest BCUT2D eigenvalue weighted by molar-refractivity contribution is 0.0648. The summed E-state index contributed by atoms with van der Waals surface area (Å²) in [5.74, 6) is 0.477. The molecule has 4 atom stereocenters. The fourth-order valence-electron chi connectivity index (χ4n) is 4.80. The Morgan fingerprint density at radius 3 is 2.75 bits per heavy atom. The normalized spacial score (nSPS) is 28.6. The molecule has 4 rings (SSSR count). The van der Waals surface area contributed by atoms with Crippen molar-refractivity contribution >= 4 is 12.2 Å². The molecule has 1 amide bonds. The molecule has 1 saturated carbocycles. The summed E-state index contributed by atoms with van der Waals surface area (Å²) in [6, 6.07) is 6.13. The van der Waals surface area contributed by atoms with E-state index < -0.39 is 0 Å². The van der Waals surface area contributed by atoms with E-state index in [4.69, 9.17) is 9.47 Å². The molecule has 32 heavy (non-hydrogen) atoms. The lowest BCUT2D eigenvalue weighted by Crippen LogP contribution is -2.44. The van der Waals surface area contributed by atoms with Gasteiger partial charge in [-0.2, -0.15) is 5.11 Å². The highest BCUT2D eigenvalue weighted by Crippen LogP contribution is 2.30. The molecule has 2 N–H and O–H groups in total. The molecule has 0 radical (unpaired) electrons. The number of allylic oxidation sites excluding steroid dienone is 2. The van der Waals surface area contributed by atoms with Gasteiger partial charge in [0.2, 0.25) is 0 Å². The van der Waals surface area contributed by atoms with Crippen LogP contribution in [0.1, 0.15) is 66.2 Å². The largest absolute Gasteiger partial charge is 0.371 e. The van der Waals surface area contributed by atoms with E-state index >= 15 is 0 Å². The van der Waals surface area contributed by atoms with Gasteiger partial charge in [0, 0.05) is 16.8 Å². The van der Waals surface area contributed by atoms with Gasteiger partial charge in [-0.3, -0.25) is 15.0 Å². The Labute approximate surface area is 188 Å². The number of aldehydes is 1. The van der Waals surface area contributed by atoms with Gasteiger partial charge in [-0.1, -0.05) is 55.5 Å². The van der Waals surface area contributed by atoms with Gasteiger partial charge in [0.15, 0.2) is 0 Å². The average molecular weight is 441 g/mol. The van der Waals surface area contributed by atoms with Crippen LogP contribution >= 0.6 is 0 Å². The number of hydrogen-bond donors (Lipinski definition) is 2. The van der Waals surface area contributed by atoms with E-state index in [-0.39, 0.29) is 30.2 Å². The molecule has 0 spiro atoms. The lowest BCUT2D eigenvalue weighted by Gasteiger charge is -2.22. The molecule has 8 heteroatoms. The number of ether oxygens (including phenoxy) is 2. The number of rotatable bonds is 8. The van der Waals surface area contributed by atoms with Crippen LogP contribution in [0.4, 0.5) is 0 Å². The molecule has 8 nitrogen and oxygen atoms in total. The van der Waals surface area contributed by atoms with E-state index in [0.29, 0.717) is 24.3 Å². The maximum Gasteiger partial charge on any atom is 0.251 e. The van der Waals surface area contributed by atoms with E-state index in [2.05, 4.69) is 27.2 Å². The zero-order chi connectivity index (χ0) is 22.3. The standard InChI is InChI=1S/C24H32N4O4/c1-2-19(12-16-7-4-3-5-8-16)26-28-27-21-15-32-22-20(14-31-23(21)22)25-24(30)18-10-6-9-17(11-18)13-29/h2,6,9-11,13,16,20-23H,3-5,7-8,12,14-15H2,1H3,(H,25,30)(H,26,27)/b19-2-. The van der Waals surface area contributed by atoms with Gasteiger partial charge in [0.1, 0.15) is 24.5 Å². The quantitative estimate of drug-likeness (QED) is 0.365. The first-order valence-electron chi connectivity index (χ1n) is 11.6. The summed E-state index contributed by atoms with van der Waals surface area (Å²) in [7, 11) is 0. The number of carbonyl (C=O) groups excluding carboxylic acids is 2. The third-order valence-corrected chi connectivity index (χ3v) is 6.61. The minimum absolute atomic E-state index is 0.208. The molecule has 0 aromatic heterocycles. The summed E-state index contributed by atoms with van der Waals surface area (Å²) in [6.07, 6.45) is 9.88. The van der Waals surface area contributed by atoms with Gasteiger partial charge in [-0.25, -0.2) is 0 Å². The fourth-order valence-corrected chi connectivity index (χ4v) is 4.80. The van der Waals surface area contributed by atoms with Gasteiger partial charge in [-0.15, -0.1) is 0 Å². The van der Waals surface area contributed by atoms with Crippen LogP contribution in [0.2, 0.25) is 0 Å². The SMILES string of the molecule is C/C=C(/CC1CCCCC1)NN=NC1COC2C(NC(=O)c3cccc(C=O)c3)COC12. The average Bonchev–Trinajstić information content (AvgIpc) is 3.42. The molecule has 1 aromatic carbocycles. The van der Waals surface area contributed by atoms with E-state index in [9.17, 15) is 9.59 Å². The van der Waals surface area contributed by atoms with E-state index in [1.165, 1.54) is 32.1 Å². The number of benzene rings is 1. The third kappa shape index (κ3) is 5.42. The van der Waals surface area contributed by atoms with Crippen LogP contribution in [0.15, 0.2) is 46.4 Å². The summed E-state index contributed by atoms with van der Waals surface area (Å²) in [6.45, 7) is 2.78. The molecule has 2 saturated heterocycles. The first-order chi connectivity index (χ1) is 15.7. The Hall–Kier alpha value is -2.58. The molecule has 4 unspecified atom stereocenters. The molecule has 2 aliphatic heterocycles. The van der Waals surface area contributed by atoms with Crippen molar-refractivity contribution in [2.45, 2.75) is 69.7 Å². The predicted octanol–water partition coefficient (Wildman–Crippen LogP) is 3.59. The summed E-state index contributed by atoms with van der Waals surface area (Å²) in [5, 5.41) is 11.6. The van der Waals surface area contributed by atoms with Crippen LogP contribution in [0.5, 0.6) is 0 Å². The number of amides is 1. The molecular weight excluding hydrogens is 408 g/mol. The second kappa shape index (κ2) is 10.8. The van der Waals surface area contributed by atoms with Crippen molar-refractivity contribution in [2.75, 3.05) is 13.2 Å². The van der Waals surface area contributed by atoms with Crippen molar-refractivity contribution < 1.29 is 19.1 Å². The van der Waals surface area contributed by atoms with Gasteiger partial charge in [-0.05, 0) is 31.4 Å². The van der Waals surface area contributed by atoms with Crippen molar-refractivity contribution in [1.29, 1.82) is 0 Å². The lowest BCUT2D eigenvalue weighted by atomic mass is 9.86. The minimum Gasteiger partial charge on any atom is -0.371 e. The van der Waals surface area contributed by atoms with Gasteiger partial charge >= 0.3 is 0 Å². The van der Waals surface area contributed by atoms with E-state index in [0.717, 1.165) is 24.3 Å². The Morgan fingerprint density at radius 1 is 1.16 bits per heavy atom. The first-order valence-corrected chi connectivity index (χ1v) is 11.6. The van der Waals surface area contributed by atoms with Gasteiger partial charge < -0.3 is 14.8 Å². The van der Waals surface area contributed by atoms with Crippen molar-refractivity contribution in [2.24, 2.45) is 16.3 Å². The maximum atomic E-state index is 12.6. The van der Waals surface area contributed by atoms with Crippen LogP contribution in [0, 0.1) is 5.92 Å². The number of nitrogens with one attached hydrogen (secondary N) is 2. The summed E-state index contributed by atoms with van der Waals surface area (Å²) < 4.78 is 11.8. The number of nitrogens with zero attached hydrogens (tertiary/aromatic N) is 2. The molecule has 3 aliphatic rings. The highest BCUT2D eigenvalue weighted by atomic mass is 16.6. The monoisotopic (exact) mass is 440 g/mol. The van der Waals surface area contributed by atoms with Crippen LogP contribution in [-0.4, -0.2) is 49.7 Å². The van der Waals surface area contributed by atoms with Crippen molar-refractivity contribution in [3.05, 3.63) is 47.2 Å². The summed E-state index contributed by atoms with van der Waals surface area (Å²) >= 11 is 0. The van der Waals surface area contributed by atoms with Crippen LogP contribution in [0.3, 0.4) is 0 Å². The Kier molecular flexibility index (Phi) is 7.65. The molecule has 1 aliphatic carbocycles. The molecule has 2 heterocycles. The zero-order valence-electron chi connectivity index (χ0n) is 18.5. The predicted molar refractivity (Wildman–Crippen MR) is 119 cm³/mol. The van der Waals surface area contributed by atoms with Crippen LogP contribution in [-0.2, 0) is 9.47 Å². The first kappa shape index (κ1) is 22.6. The zero-order valence-corrected chi connectivity index (χ0v) is 18.5. The number of hydrogen-bond acceptors (Lipinski definition) is 6. The highest BCUT2D eigenvalue weighted by Gasteiger charge is 2.48. The Morgan fingerprint density at radius 2 is 1.97 bits per heavy atom. The van der Waals surface area contributed by atoms with Crippen molar-refractivity contribution in [3.8, 4) is 0 Å². The van der Waals surface area contributed by atoms with Crippen molar-refractivity contribution in [3.63, 3.8) is 0 Å². The Balaban J connectivity index is 1.27. The molecule has 1 aromatic rings. The third-order valence-electron chi connectivity index (χ3n) is 6.61. The highest BCUT2D eigenvalue weighted by molar-refractivity contribution is 5.96. The van der Waals surface area contributed by atoms with Crippen LogP contribution < -0.4 is 10.7 Å². The summed E-state index contributed by atoms with van der Waals surface area (Å²) in [4.78, 5) is 23.5. The second-order valence-electron chi connectivity index (χ2n) is 8.84. The second-order valence-corrected chi connectivity index (χ2v) is 8.84.